The first-order chi connectivity index (χ1) is 8.00. The summed E-state index contributed by atoms with van der Waals surface area (Å²) >= 11 is 0. The van der Waals surface area contributed by atoms with Crippen molar-refractivity contribution in [1.82, 2.24) is 0 Å². The number of anilines is 1. The van der Waals surface area contributed by atoms with Crippen LogP contribution in [0.4, 0.5) is 5.69 Å². The van der Waals surface area contributed by atoms with Gasteiger partial charge in [0.15, 0.2) is 11.6 Å². The lowest BCUT2D eigenvalue weighted by atomic mass is 10.0. The van der Waals surface area contributed by atoms with E-state index >= 15 is 0 Å². The van der Waals surface area contributed by atoms with Gasteiger partial charge in [-0.1, -0.05) is 18.2 Å². The lowest BCUT2D eigenvalue weighted by Crippen LogP contribution is -2.36. The van der Waals surface area contributed by atoms with Crippen molar-refractivity contribution in [3.8, 4) is 0 Å². The van der Waals surface area contributed by atoms with E-state index in [9.17, 15) is 14.4 Å². The van der Waals surface area contributed by atoms with Crippen LogP contribution < -0.4 is 5.32 Å². The van der Waals surface area contributed by atoms with Gasteiger partial charge in [-0.25, -0.2) is 0 Å². The van der Waals surface area contributed by atoms with Gasteiger partial charge in [-0.15, -0.1) is 0 Å². The molecule has 17 heavy (non-hydrogen) atoms. The molecular weight excluding hydrogens is 218 g/mol. The molecule has 0 bridgehead atoms. The summed E-state index contributed by atoms with van der Waals surface area (Å²) in [6.45, 7) is 2.66. The second-order valence-electron chi connectivity index (χ2n) is 3.90. The molecule has 0 aliphatic rings. The Hall–Kier alpha value is -1.97. The molecule has 0 fully saturated rings. The van der Waals surface area contributed by atoms with Gasteiger partial charge in [0.2, 0.25) is 0 Å². The summed E-state index contributed by atoms with van der Waals surface area (Å²) in [5.41, 5.74) is 0.685. The summed E-state index contributed by atoms with van der Waals surface area (Å²) in [6.07, 6.45) is -0.218. The third-order valence-electron chi connectivity index (χ3n) is 2.24. The van der Waals surface area contributed by atoms with Crippen molar-refractivity contribution < 1.29 is 14.4 Å². The van der Waals surface area contributed by atoms with Crippen molar-refractivity contribution in [1.29, 1.82) is 0 Å². The van der Waals surface area contributed by atoms with Crippen LogP contribution in [0.5, 0.6) is 0 Å². The SMILES string of the molecule is CC(=O)CC(=O)C(Nc1ccccc1)C(C)=O. The molecule has 0 spiro atoms. The van der Waals surface area contributed by atoms with E-state index in [1.54, 1.807) is 24.3 Å². The van der Waals surface area contributed by atoms with E-state index in [1.165, 1.54) is 13.8 Å². The fourth-order valence-electron chi connectivity index (χ4n) is 1.46. The van der Waals surface area contributed by atoms with Crippen LogP contribution in [0.15, 0.2) is 30.3 Å². The lowest BCUT2D eigenvalue weighted by molar-refractivity contribution is -0.129. The summed E-state index contributed by atoms with van der Waals surface area (Å²) < 4.78 is 0. The highest BCUT2D eigenvalue weighted by atomic mass is 16.2. The fraction of sp³-hybridized carbons (Fsp3) is 0.308. The third kappa shape index (κ3) is 4.18. The molecule has 0 amide bonds. The average molecular weight is 233 g/mol. The van der Waals surface area contributed by atoms with Gasteiger partial charge in [-0.05, 0) is 26.0 Å². The van der Waals surface area contributed by atoms with Gasteiger partial charge in [-0.3, -0.25) is 14.4 Å². The van der Waals surface area contributed by atoms with Crippen molar-refractivity contribution in [2.75, 3.05) is 5.32 Å². The number of rotatable bonds is 6. The number of hydrogen-bond acceptors (Lipinski definition) is 4. The first-order valence-electron chi connectivity index (χ1n) is 5.35. The third-order valence-corrected chi connectivity index (χ3v) is 2.24. The molecular formula is C13H15NO3. The Bertz CT molecular complexity index is 426. The zero-order valence-electron chi connectivity index (χ0n) is 9.90. The van der Waals surface area contributed by atoms with E-state index in [2.05, 4.69) is 5.32 Å². The van der Waals surface area contributed by atoms with Crippen LogP contribution in [0.3, 0.4) is 0 Å². The van der Waals surface area contributed by atoms with Gasteiger partial charge in [0, 0.05) is 5.69 Å². The molecule has 4 heteroatoms. The van der Waals surface area contributed by atoms with Crippen molar-refractivity contribution in [3.05, 3.63) is 30.3 Å². The Labute approximate surface area is 100 Å². The molecule has 1 aromatic carbocycles. The predicted molar refractivity (Wildman–Crippen MR) is 64.8 cm³/mol. The maximum absolute atomic E-state index is 11.7. The second-order valence-corrected chi connectivity index (χ2v) is 3.90. The van der Waals surface area contributed by atoms with Gasteiger partial charge < -0.3 is 5.32 Å². The van der Waals surface area contributed by atoms with Crippen LogP contribution in [-0.2, 0) is 14.4 Å². The van der Waals surface area contributed by atoms with E-state index in [4.69, 9.17) is 0 Å². The van der Waals surface area contributed by atoms with Crippen molar-refractivity contribution in [3.63, 3.8) is 0 Å². The summed E-state index contributed by atoms with van der Waals surface area (Å²) in [5.74, 6) is -0.926. The largest absolute Gasteiger partial charge is 0.369 e. The van der Waals surface area contributed by atoms with E-state index in [-0.39, 0.29) is 18.0 Å². The normalized spacial score (nSPS) is 11.6. The molecule has 0 aliphatic carbocycles. The van der Waals surface area contributed by atoms with Crippen LogP contribution in [0.25, 0.3) is 0 Å². The molecule has 0 saturated carbocycles. The molecule has 90 valence electrons. The van der Waals surface area contributed by atoms with E-state index < -0.39 is 11.8 Å². The first kappa shape index (κ1) is 13.1. The van der Waals surface area contributed by atoms with Crippen molar-refractivity contribution in [2.45, 2.75) is 26.3 Å². The minimum atomic E-state index is -0.943. The summed E-state index contributed by atoms with van der Waals surface area (Å²) in [7, 11) is 0. The molecule has 0 aliphatic heterocycles. The zero-order chi connectivity index (χ0) is 12.8. The maximum atomic E-state index is 11.7. The molecule has 1 atom stereocenters. The van der Waals surface area contributed by atoms with E-state index in [0.717, 1.165) is 0 Å². The highest BCUT2D eigenvalue weighted by Gasteiger charge is 2.23. The topological polar surface area (TPSA) is 63.2 Å². The zero-order valence-corrected chi connectivity index (χ0v) is 9.90. The van der Waals surface area contributed by atoms with E-state index in [1.807, 2.05) is 6.07 Å². The quantitative estimate of drug-likeness (QED) is 0.758. The Kier molecular flexibility index (Phi) is 4.57. The number of Topliss-reactive ketones (excluding diaryl/α,β-unsaturated/α-hetero) is 3. The van der Waals surface area contributed by atoms with Gasteiger partial charge in [0.25, 0.3) is 0 Å². The molecule has 1 unspecified atom stereocenters. The second kappa shape index (κ2) is 5.94. The Morgan fingerprint density at radius 2 is 1.71 bits per heavy atom. The van der Waals surface area contributed by atoms with Crippen molar-refractivity contribution >= 4 is 23.0 Å². The Balaban J connectivity index is 2.77. The monoisotopic (exact) mass is 233 g/mol. The number of nitrogens with one attached hydrogen (secondary N) is 1. The molecule has 0 heterocycles. The van der Waals surface area contributed by atoms with Gasteiger partial charge in [0.05, 0.1) is 6.42 Å². The number of carbonyl (C=O) groups is 3. The average Bonchev–Trinajstić information content (AvgIpc) is 2.25. The van der Waals surface area contributed by atoms with Crippen LogP contribution in [0.2, 0.25) is 0 Å². The summed E-state index contributed by atoms with van der Waals surface area (Å²) in [6, 6.07) is 8.02. The first-order valence-corrected chi connectivity index (χ1v) is 5.35. The lowest BCUT2D eigenvalue weighted by Gasteiger charge is -2.15. The summed E-state index contributed by atoms with van der Waals surface area (Å²) in [4.78, 5) is 33.9. The molecule has 0 aromatic heterocycles. The number of benzene rings is 1. The minimum absolute atomic E-state index is 0.218. The van der Waals surface area contributed by atoms with Crippen molar-refractivity contribution in [2.24, 2.45) is 0 Å². The number of carbonyl (C=O) groups excluding carboxylic acids is 3. The molecule has 4 nitrogen and oxygen atoms in total. The molecule has 1 rings (SSSR count). The number of para-hydroxylation sites is 1. The smallest absolute Gasteiger partial charge is 0.169 e. The number of hydrogen-bond donors (Lipinski definition) is 1. The highest BCUT2D eigenvalue weighted by molar-refractivity contribution is 6.13. The van der Waals surface area contributed by atoms with Crippen LogP contribution >= 0.6 is 0 Å². The minimum Gasteiger partial charge on any atom is -0.369 e. The van der Waals surface area contributed by atoms with Crippen LogP contribution in [-0.4, -0.2) is 23.4 Å². The fourth-order valence-corrected chi connectivity index (χ4v) is 1.46. The highest BCUT2D eigenvalue weighted by Crippen LogP contribution is 2.09. The standard InChI is InChI=1S/C13H15NO3/c1-9(15)8-12(17)13(10(2)16)14-11-6-4-3-5-7-11/h3-7,13-14H,8H2,1-2H3. The Morgan fingerprint density at radius 1 is 1.12 bits per heavy atom. The molecule has 0 saturated heterocycles. The number of ketones is 3. The van der Waals surface area contributed by atoms with E-state index in [0.29, 0.717) is 5.69 Å². The van der Waals surface area contributed by atoms with Gasteiger partial charge in [-0.2, -0.15) is 0 Å². The molecule has 1 N–H and O–H groups in total. The Morgan fingerprint density at radius 3 is 2.18 bits per heavy atom. The van der Waals surface area contributed by atoms with Crippen LogP contribution in [0.1, 0.15) is 20.3 Å². The van der Waals surface area contributed by atoms with Crippen LogP contribution in [0, 0.1) is 0 Å². The van der Waals surface area contributed by atoms with Gasteiger partial charge in [0.1, 0.15) is 11.8 Å². The molecule has 0 radical (unpaired) electrons. The van der Waals surface area contributed by atoms with Gasteiger partial charge >= 0.3 is 0 Å². The summed E-state index contributed by atoms with van der Waals surface area (Å²) in [5, 5.41) is 2.83. The maximum Gasteiger partial charge on any atom is 0.169 e. The molecule has 1 aromatic rings. The predicted octanol–water partition coefficient (Wildman–Crippen LogP) is 1.60.